The highest BCUT2D eigenvalue weighted by Crippen LogP contribution is 2.18. The van der Waals surface area contributed by atoms with Gasteiger partial charge in [-0.25, -0.2) is 10.2 Å². The molecule has 17 heavy (non-hydrogen) atoms. The molecule has 0 saturated heterocycles. The second-order valence-corrected chi connectivity index (χ2v) is 3.30. The molecule has 0 heterocycles. The van der Waals surface area contributed by atoms with Crippen LogP contribution in [0.5, 0.6) is 0 Å². The van der Waals surface area contributed by atoms with Crippen LogP contribution in [0.2, 0.25) is 0 Å². The van der Waals surface area contributed by atoms with Crippen molar-refractivity contribution in [3.05, 3.63) is 47.3 Å². The summed E-state index contributed by atoms with van der Waals surface area (Å²) in [5.41, 5.74) is 2.66. The van der Waals surface area contributed by atoms with Crippen molar-refractivity contribution in [2.75, 3.05) is 0 Å². The molecule has 6 heteroatoms. The number of halogens is 3. The van der Waals surface area contributed by atoms with Crippen LogP contribution in [0, 0.1) is 0 Å². The molecule has 0 bridgehead atoms. The molecular formula is C11H11F3N2O. The number of nitrogen functional groups attached to an aromatic ring is 1. The van der Waals surface area contributed by atoms with E-state index in [0.717, 1.165) is 0 Å². The van der Waals surface area contributed by atoms with Crippen LogP contribution in [0.4, 0.5) is 13.2 Å². The number of amides is 1. The van der Waals surface area contributed by atoms with Crippen LogP contribution in [0.15, 0.2) is 36.2 Å². The monoisotopic (exact) mass is 244 g/mol. The first-order valence-corrected chi connectivity index (χ1v) is 4.84. The lowest BCUT2D eigenvalue weighted by atomic mass is 10.0. The van der Waals surface area contributed by atoms with Crippen molar-refractivity contribution in [2.24, 2.45) is 5.84 Å². The van der Waals surface area contributed by atoms with Gasteiger partial charge in [0, 0.05) is 12.0 Å². The third-order valence-corrected chi connectivity index (χ3v) is 2.21. The summed E-state index contributed by atoms with van der Waals surface area (Å²) in [6.07, 6.45) is -2.77. The van der Waals surface area contributed by atoms with E-state index in [-0.39, 0.29) is 12.0 Å². The predicted molar refractivity (Wildman–Crippen MR) is 56.8 cm³/mol. The molecule has 0 aromatic heterocycles. The van der Waals surface area contributed by atoms with Gasteiger partial charge in [0.05, 0.1) is 0 Å². The number of aryl methyl sites for hydroxylation is 1. The van der Waals surface area contributed by atoms with E-state index in [0.29, 0.717) is 5.56 Å². The summed E-state index contributed by atoms with van der Waals surface area (Å²) >= 11 is 0. The van der Waals surface area contributed by atoms with Crippen LogP contribution >= 0.6 is 0 Å². The third kappa shape index (κ3) is 3.60. The lowest BCUT2D eigenvalue weighted by molar-refractivity contribution is 0.0952. The second kappa shape index (κ2) is 6.05. The average molecular weight is 244 g/mol. The molecule has 0 aliphatic rings. The Morgan fingerprint density at radius 1 is 1.24 bits per heavy atom. The summed E-state index contributed by atoms with van der Waals surface area (Å²) in [5.74, 6) is 2.97. The normalized spacial score (nSPS) is 9.88. The van der Waals surface area contributed by atoms with Crippen molar-refractivity contribution in [3.8, 4) is 0 Å². The molecule has 1 aromatic rings. The van der Waals surface area contributed by atoms with Gasteiger partial charge in [-0.1, -0.05) is 18.2 Å². The van der Waals surface area contributed by atoms with Crippen LogP contribution in [-0.4, -0.2) is 5.91 Å². The fourth-order valence-corrected chi connectivity index (χ4v) is 1.38. The van der Waals surface area contributed by atoms with Crippen LogP contribution in [0.3, 0.4) is 0 Å². The van der Waals surface area contributed by atoms with Crippen LogP contribution in [-0.2, 0) is 6.42 Å². The van der Waals surface area contributed by atoms with Gasteiger partial charge in [0.2, 0.25) is 0 Å². The van der Waals surface area contributed by atoms with Gasteiger partial charge in [-0.3, -0.25) is 10.2 Å². The Labute approximate surface area is 96.1 Å². The topological polar surface area (TPSA) is 55.1 Å². The zero-order valence-electron chi connectivity index (χ0n) is 8.84. The predicted octanol–water partition coefficient (Wildman–Crippen LogP) is 2.30. The maximum Gasteiger partial charge on any atom is 0.301 e. The zero-order valence-corrected chi connectivity index (χ0v) is 8.84. The summed E-state index contributed by atoms with van der Waals surface area (Å²) in [6.45, 7) is 0. The van der Waals surface area contributed by atoms with E-state index in [1.165, 1.54) is 6.07 Å². The number of benzene rings is 1. The van der Waals surface area contributed by atoms with E-state index in [1.54, 1.807) is 18.2 Å². The number of rotatable bonds is 4. The quantitative estimate of drug-likeness (QED) is 0.485. The van der Waals surface area contributed by atoms with Gasteiger partial charge in [-0.05, 0) is 18.1 Å². The smallest absolute Gasteiger partial charge is 0.290 e. The average Bonchev–Trinajstić information content (AvgIpc) is 2.35. The summed E-state index contributed by atoms with van der Waals surface area (Å²) in [5, 5.41) is 0. The van der Waals surface area contributed by atoms with E-state index in [1.807, 2.05) is 5.43 Å². The highest BCUT2D eigenvalue weighted by atomic mass is 19.3. The van der Waals surface area contributed by atoms with Gasteiger partial charge in [-0.2, -0.15) is 8.78 Å². The fourth-order valence-electron chi connectivity index (χ4n) is 1.38. The lowest BCUT2D eigenvalue weighted by Crippen LogP contribution is -2.30. The van der Waals surface area contributed by atoms with E-state index < -0.39 is 24.2 Å². The van der Waals surface area contributed by atoms with Crippen LogP contribution < -0.4 is 11.3 Å². The summed E-state index contributed by atoms with van der Waals surface area (Å²) in [6, 6.07) is 6.30. The number of carbonyl (C=O) groups excluding carboxylic acids is 1. The highest BCUT2D eigenvalue weighted by Gasteiger charge is 2.11. The van der Waals surface area contributed by atoms with Crippen molar-refractivity contribution in [1.82, 2.24) is 5.43 Å². The summed E-state index contributed by atoms with van der Waals surface area (Å²) < 4.78 is 36.4. The molecule has 3 N–H and O–H groups in total. The minimum Gasteiger partial charge on any atom is -0.290 e. The SMILES string of the molecule is NNC(=O)c1ccccc1CCC(F)=C(F)F. The molecule has 0 saturated carbocycles. The molecule has 0 atom stereocenters. The first-order chi connectivity index (χ1) is 8.06. The Hall–Kier alpha value is -1.82. The van der Waals surface area contributed by atoms with Crippen molar-refractivity contribution >= 4 is 5.91 Å². The Kier molecular flexibility index (Phi) is 4.71. The molecule has 1 amide bonds. The van der Waals surface area contributed by atoms with Gasteiger partial charge >= 0.3 is 6.08 Å². The minimum atomic E-state index is -2.33. The van der Waals surface area contributed by atoms with E-state index in [9.17, 15) is 18.0 Å². The van der Waals surface area contributed by atoms with Gasteiger partial charge in [0.25, 0.3) is 5.91 Å². The molecule has 0 spiro atoms. The lowest BCUT2D eigenvalue weighted by Gasteiger charge is -2.06. The maximum absolute atomic E-state index is 12.6. The number of hydrogen-bond donors (Lipinski definition) is 2. The molecule has 0 unspecified atom stereocenters. The molecule has 1 aromatic carbocycles. The Bertz CT molecular complexity index is 442. The van der Waals surface area contributed by atoms with Crippen molar-refractivity contribution < 1.29 is 18.0 Å². The van der Waals surface area contributed by atoms with Gasteiger partial charge in [-0.15, -0.1) is 0 Å². The molecule has 0 aliphatic heterocycles. The van der Waals surface area contributed by atoms with Crippen molar-refractivity contribution in [1.29, 1.82) is 0 Å². The van der Waals surface area contributed by atoms with Crippen LogP contribution in [0.1, 0.15) is 22.3 Å². The summed E-state index contributed by atoms with van der Waals surface area (Å²) in [4.78, 5) is 11.3. The second-order valence-electron chi connectivity index (χ2n) is 3.30. The fraction of sp³-hybridized carbons (Fsp3) is 0.182. The van der Waals surface area contributed by atoms with E-state index in [4.69, 9.17) is 5.84 Å². The molecule has 92 valence electrons. The number of allylic oxidation sites excluding steroid dienone is 1. The van der Waals surface area contributed by atoms with Crippen molar-refractivity contribution in [3.63, 3.8) is 0 Å². The summed E-state index contributed by atoms with van der Waals surface area (Å²) in [7, 11) is 0. The third-order valence-electron chi connectivity index (χ3n) is 2.21. The number of nitrogens with one attached hydrogen (secondary N) is 1. The zero-order chi connectivity index (χ0) is 12.8. The Morgan fingerprint density at radius 3 is 2.47 bits per heavy atom. The Morgan fingerprint density at radius 2 is 1.88 bits per heavy atom. The Balaban J connectivity index is 2.85. The molecule has 0 radical (unpaired) electrons. The van der Waals surface area contributed by atoms with Crippen molar-refractivity contribution in [2.45, 2.75) is 12.8 Å². The van der Waals surface area contributed by atoms with E-state index in [2.05, 4.69) is 0 Å². The first kappa shape index (κ1) is 13.2. The number of carbonyl (C=O) groups is 1. The van der Waals surface area contributed by atoms with Gasteiger partial charge < -0.3 is 0 Å². The largest absolute Gasteiger partial charge is 0.301 e. The minimum absolute atomic E-state index is 0.00671. The first-order valence-electron chi connectivity index (χ1n) is 4.84. The number of hydrogen-bond acceptors (Lipinski definition) is 2. The number of nitrogens with two attached hydrogens (primary N) is 1. The molecule has 0 fully saturated rings. The standard InChI is InChI=1S/C11H11F3N2O/c12-9(10(13)14)6-5-7-3-1-2-4-8(7)11(17)16-15/h1-4H,5-6,15H2,(H,16,17). The molecule has 1 rings (SSSR count). The number of hydrazine groups is 1. The van der Waals surface area contributed by atoms with E-state index >= 15 is 0 Å². The molecule has 3 nitrogen and oxygen atoms in total. The van der Waals surface area contributed by atoms with Crippen LogP contribution in [0.25, 0.3) is 0 Å². The molecule has 0 aliphatic carbocycles. The molecular weight excluding hydrogens is 233 g/mol. The van der Waals surface area contributed by atoms with Gasteiger partial charge in [0.15, 0.2) is 5.83 Å². The van der Waals surface area contributed by atoms with Gasteiger partial charge in [0.1, 0.15) is 0 Å². The maximum atomic E-state index is 12.6. The highest BCUT2D eigenvalue weighted by molar-refractivity contribution is 5.95.